The molecule has 0 atom stereocenters. The molecule has 0 saturated carbocycles. The lowest BCUT2D eigenvalue weighted by molar-refractivity contribution is 0.0981. The fourth-order valence-electron chi connectivity index (χ4n) is 1.29. The van der Waals surface area contributed by atoms with Gasteiger partial charge in [0.2, 0.25) is 10.0 Å². The predicted octanol–water partition coefficient (Wildman–Crippen LogP) is 2.92. The molecule has 19 heavy (non-hydrogen) atoms. The first-order chi connectivity index (χ1) is 8.85. The Kier molecular flexibility index (Phi) is 7.37. The summed E-state index contributed by atoms with van der Waals surface area (Å²) in [4.78, 5) is 11.6. The van der Waals surface area contributed by atoms with Gasteiger partial charge in [-0.2, -0.15) is 0 Å². The fraction of sp³-hybridized carbons (Fsp3) is 0.500. The van der Waals surface area contributed by atoms with Crippen molar-refractivity contribution in [1.29, 1.82) is 0 Å². The standard InChI is InChI=1S/C12H17NO3S.C2H6/c1-4-17(15,16)13-12(14)11-7-5-10(6-8-11)9(2)3;1-2/h5-9H,4H2,1-3H3,(H,13,14);1-2H3. The minimum absolute atomic E-state index is 0.108. The van der Waals surface area contributed by atoms with Crippen LogP contribution in [0.3, 0.4) is 0 Å². The van der Waals surface area contributed by atoms with Gasteiger partial charge in [-0.3, -0.25) is 4.79 Å². The molecule has 0 aromatic heterocycles. The van der Waals surface area contributed by atoms with Gasteiger partial charge in [0.25, 0.3) is 5.91 Å². The predicted molar refractivity (Wildman–Crippen MR) is 78.8 cm³/mol. The molecular formula is C14H23NO3S. The molecule has 0 saturated heterocycles. The molecule has 4 nitrogen and oxygen atoms in total. The Balaban J connectivity index is 0.00000154. The highest BCUT2D eigenvalue weighted by atomic mass is 32.2. The van der Waals surface area contributed by atoms with Crippen molar-refractivity contribution in [2.45, 2.75) is 40.5 Å². The van der Waals surface area contributed by atoms with E-state index < -0.39 is 15.9 Å². The smallest absolute Gasteiger partial charge is 0.264 e. The average Bonchev–Trinajstić information content (AvgIpc) is 2.40. The Hall–Kier alpha value is -1.36. The summed E-state index contributed by atoms with van der Waals surface area (Å²) in [6.45, 7) is 9.59. The Morgan fingerprint density at radius 3 is 2.00 bits per heavy atom. The van der Waals surface area contributed by atoms with Gasteiger partial charge < -0.3 is 0 Å². The SMILES string of the molecule is CC.CCS(=O)(=O)NC(=O)c1ccc(C(C)C)cc1. The van der Waals surface area contributed by atoms with Gasteiger partial charge in [-0.25, -0.2) is 13.1 Å². The zero-order valence-corrected chi connectivity index (χ0v) is 13.0. The second-order valence-corrected chi connectivity index (χ2v) is 6.12. The number of sulfonamides is 1. The van der Waals surface area contributed by atoms with Crippen LogP contribution in [0.1, 0.15) is 56.5 Å². The summed E-state index contributed by atoms with van der Waals surface area (Å²) in [6.07, 6.45) is 0. The number of amides is 1. The van der Waals surface area contributed by atoms with E-state index in [9.17, 15) is 13.2 Å². The van der Waals surface area contributed by atoms with Crippen LogP contribution in [0.25, 0.3) is 0 Å². The summed E-state index contributed by atoms with van der Waals surface area (Å²) in [5, 5.41) is 0. The van der Waals surface area contributed by atoms with Crippen molar-refractivity contribution in [2.75, 3.05) is 5.75 Å². The van der Waals surface area contributed by atoms with Gasteiger partial charge >= 0.3 is 0 Å². The second-order valence-electron chi connectivity index (χ2n) is 4.11. The van der Waals surface area contributed by atoms with Crippen molar-refractivity contribution in [3.05, 3.63) is 35.4 Å². The molecule has 108 valence electrons. The molecule has 1 amide bonds. The summed E-state index contributed by atoms with van der Waals surface area (Å²) in [6, 6.07) is 6.93. The van der Waals surface area contributed by atoms with E-state index in [1.807, 2.05) is 30.7 Å². The van der Waals surface area contributed by atoms with Crippen molar-refractivity contribution in [2.24, 2.45) is 0 Å². The summed E-state index contributed by atoms with van der Waals surface area (Å²) < 4.78 is 24.5. The molecule has 0 spiro atoms. The lowest BCUT2D eigenvalue weighted by Gasteiger charge is -2.07. The fourth-order valence-corrected chi connectivity index (χ4v) is 1.84. The lowest BCUT2D eigenvalue weighted by Crippen LogP contribution is -2.31. The maximum absolute atomic E-state index is 11.6. The molecule has 1 rings (SSSR count). The van der Waals surface area contributed by atoms with Crippen LogP contribution in [-0.4, -0.2) is 20.1 Å². The van der Waals surface area contributed by atoms with Crippen molar-refractivity contribution in [3.8, 4) is 0 Å². The molecular weight excluding hydrogens is 262 g/mol. The lowest BCUT2D eigenvalue weighted by atomic mass is 10.0. The first-order valence-corrected chi connectivity index (χ1v) is 8.15. The third kappa shape index (κ3) is 5.87. The summed E-state index contributed by atoms with van der Waals surface area (Å²) in [7, 11) is -3.49. The Morgan fingerprint density at radius 1 is 1.16 bits per heavy atom. The molecule has 0 aliphatic rings. The van der Waals surface area contributed by atoms with Gasteiger partial charge in [0.05, 0.1) is 5.75 Å². The third-order valence-corrected chi connectivity index (χ3v) is 3.72. The topological polar surface area (TPSA) is 63.2 Å². The number of hydrogen-bond acceptors (Lipinski definition) is 3. The van der Waals surface area contributed by atoms with Crippen molar-refractivity contribution in [3.63, 3.8) is 0 Å². The highest BCUT2D eigenvalue weighted by Crippen LogP contribution is 2.14. The van der Waals surface area contributed by atoms with Gasteiger partial charge in [-0.05, 0) is 30.5 Å². The molecule has 0 aliphatic heterocycles. The quantitative estimate of drug-likeness (QED) is 0.925. The van der Waals surface area contributed by atoms with Crippen LogP contribution < -0.4 is 4.72 Å². The van der Waals surface area contributed by atoms with Gasteiger partial charge in [-0.15, -0.1) is 0 Å². The number of carbonyl (C=O) groups excluding carboxylic acids is 1. The first-order valence-electron chi connectivity index (χ1n) is 6.50. The van der Waals surface area contributed by atoms with E-state index in [0.717, 1.165) is 5.56 Å². The molecule has 0 unspecified atom stereocenters. The summed E-state index contributed by atoms with van der Waals surface area (Å²) in [5.41, 5.74) is 1.46. The minimum atomic E-state index is -3.49. The maximum Gasteiger partial charge on any atom is 0.264 e. The minimum Gasteiger partial charge on any atom is -0.268 e. The molecule has 0 bridgehead atoms. The van der Waals surface area contributed by atoms with Crippen molar-refractivity contribution in [1.82, 2.24) is 4.72 Å². The summed E-state index contributed by atoms with van der Waals surface area (Å²) >= 11 is 0. The molecule has 1 N–H and O–H groups in total. The highest BCUT2D eigenvalue weighted by Gasteiger charge is 2.13. The molecule has 1 aromatic carbocycles. The number of carbonyl (C=O) groups is 1. The van der Waals surface area contributed by atoms with Crippen molar-refractivity contribution < 1.29 is 13.2 Å². The number of hydrogen-bond donors (Lipinski definition) is 1. The molecule has 5 heteroatoms. The van der Waals surface area contributed by atoms with E-state index in [-0.39, 0.29) is 5.75 Å². The molecule has 0 heterocycles. The van der Waals surface area contributed by atoms with Crippen LogP contribution in [0, 0.1) is 0 Å². The summed E-state index contributed by atoms with van der Waals surface area (Å²) in [5.74, 6) is -0.309. The Morgan fingerprint density at radius 2 is 1.63 bits per heavy atom. The van der Waals surface area contributed by atoms with Crippen LogP contribution >= 0.6 is 0 Å². The number of nitrogens with one attached hydrogen (secondary N) is 1. The first kappa shape index (κ1) is 17.6. The van der Waals surface area contributed by atoms with E-state index in [4.69, 9.17) is 0 Å². The Labute approximate surface area is 116 Å². The van der Waals surface area contributed by atoms with E-state index in [1.54, 1.807) is 12.1 Å². The van der Waals surface area contributed by atoms with Crippen LogP contribution in [0.2, 0.25) is 0 Å². The maximum atomic E-state index is 11.6. The number of rotatable bonds is 4. The third-order valence-electron chi connectivity index (χ3n) is 2.47. The normalized spacial score (nSPS) is 10.6. The number of benzene rings is 1. The monoisotopic (exact) mass is 285 g/mol. The Bertz CT molecular complexity index is 490. The van der Waals surface area contributed by atoms with E-state index in [1.165, 1.54) is 6.92 Å². The van der Waals surface area contributed by atoms with Gasteiger partial charge in [0, 0.05) is 5.56 Å². The van der Waals surface area contributed by atoms with E-state index >= 15 is 0 Å². The zero-order valence-electron chi connectivity index (χ0n) is 12.2. The van der Waals surface area contributed by atoms with E-state index in [0.29, 0.717) is 11.5 Å². The zero-order chi connectivity index (χ0) is 15.1. The molecule has 0 aliphatic carbocycles. The van der Waals surface area contributed by atoms with Gasteiger partial charge in [0.1, 0.15) is 0 Å². The molecule has 0 fully saturated rings. The van der Waals surface area contributed by atoms with Gasteiger partial charge in [0.15, 0.2) is 0 Å². The van der Waals surface area contributed by atoms with Crippen LogP contribution in [0.5, 0.6) is 0 Å². The average molecular weight is 285 g/mol. The van der Waals surface area contributed by atoms with Crippen LogP contribution in [0.15, 0.2) is 24.3 Å². The van der Waals surface area contributed by atoms with Crippen LogP contribution in [0.4, 0.5) is 0 Å². The second kappa shape index (κ2) is 7.94. The largest absolute Gasteiger partial charge is 0.268 e. The van der Waals surface area contributed by atoms with Crippen molar-refractivity contribution >= 4 is 15.9 Å². The van der Waals surface area contributed by atoms with Gasteiger partial charge in [-0.1, -0.05) is 39.8 Å². The van der Waals surface area contributed by atoms with E-state index in [2.05, 4.69) is 13.8 Å². The molecule has 0 radical (unpaired) electrons. The van der Waals surface area contributed by atoms with Crippen LogP contribution in [-0.2, 0) is 10.0 Å². The molecule has 1 aromatic rings. The highest BCUT2D eigenvalue weighted by molar-refractivity contribution is 7.90.